The number of nitrogens with one attached hydrogen (secondary N) is 1. The molecule has 19 heavy (non-hydrogen) atoms. The Morgan fingerprint density at radius 3 is 2.89 bits per heavy atom. The molecule has 0 spiro atoms. The summed E-state index contributed by atoms with van der Waals surface area (Å²) in [5.74, 6) is 0. The summed E-state index contributed by atoms with van der Waals surface area (Å²) < 4.78 is 5.56. The Balaban J connectivity index is 2.06. The molecule has 1 aliphatic rings. The Morgan fingerprint density at radius 2 is 2.26 bits per heavy atom. The molecule has 4 heteroatoms. The van der Waals surface area contributed by atoms with Crippen molar-refractivity contribution in [2.24, 2.45) is 0 Å². The van der Waals surface area contributed by atoms with E-state index in [-0.39, 0.29) is 6.10 Å². The van der Waals surface area contributed by atoms with Crippen molar-refractivity contribution >= 4 is 17.3 Å². The Labute approximate surface area is 120 Å². The zero-order chi connectivity index (χ0) is 13.8. The molecule has 1 fully saturated rings. The van der Waals surface area contributed by atoms with Gasteiger partial charge in [0.1, 0.15) is 0 Å². The van der Waals surface area contributed by atoms with Crippen molar-refractivity contribution in [3.05, 3.63) is 28.8 Å². The fourth-order valence-corrected chi connectivity index (χ4v) is 2.60. The maximum atomic E-state index is 6.42. The average Bonchev–Trinajstić information content (AvgIpc) is 2.36. The van der Waals surface area contributed by atoms with Crippen molar-refractivity contribution in [3.8, 4) is 0 Å². The number of morpholine rings is 1. The largest absolute Gasteiger partial charge is 0.375 e. The lowest BCUT2D eigenvalue weighted by Gasteiger charge is -2.33. The quantitative estimate of drug-likeness (QED) is 0.919. The van der Waals surface area contributed by atoms with E-state index in [1.54, 1.807) is 0 Å². The average molecular weight is 283 g/mol. The highest BCUT2D eigenvalue weighted by atomic mass is 35.5. The minimum absolute atomic E-state index is 0.270. The first-order valence-electron chi connectivity index (χ1n) is 6.94. The molecular weight excluding hydrogens is 260 g/mol. The van der Waals surface area contributed by atoms with E-state index < -0.39 is 0 Å². The summed E-state index contributed by atoms with van der Waals surface area (Å²) in [4.78, 5) is 2.30. The first-order chi connectivity index (χ1) is 9.06. The van der Waals surface area contributed by atoms with Crippen LogP contribution in [0.3, 0.4) is 0 Å². The van der Waals surface area contributed by atoms with Gasteiger partial charge in [0.2, 0.25) is 0 Å². The van der Waals surface area contributed by atoms with Crippen LogP contribution in [-0.4, -0.2) is 31.8 Å². The first kappa shape index (κ1) is 14.6. The summed E-state index contributed by atoms with van der Waals surface area (Å²) in [5.41, 5.74) is 2.34. The van der Waals surface area contributed by atoms with Gasteiger partial charge in [-0.1, -0.05) is 31.5 Å². The number of nitrogens with zero attached hydrogens (tertiary/aromatic N) is 1. The summed E-state index contributed by atoms with van der Waals surface area (Å²) >= 11 is 6.42. The van der Waals surface area contributed by atoms with E-state index in [1.165, 1.54) is 5.56 Å². The van der Waals surface area contributed by atoms with Crippen LogP contribution in [0, 0.1) is 0 Å². The highest BCUT2D eigenvalue weighted by Crippen LogP contribution is 2.28. The molecule has 0 amide bonds. The molecule has 0 saturated carbocycles. The van der Waals surface area contributed by atoms with Gasteiger partial charge in [-0.15, -0.1) is 0 Å². The molecule has 1 heterocycles. The second kappa shape index (κ2) is 6.60. The van der Waals surface area contributed by atoms with Crippen molar-refractivity contribution in [3.63, 3.8) is 0 Å². The fraction of sp³-hybridized carbons (Fsp3) is 0.600. The molecule has 1 aromatic carbocycles. The third-order valence-corrected chi connectivity index (χ3v) is 3.61. The first-order valence-corrected chi connectivity index (χ1v) is 7.32. The minimum atomic E-state index is 0.270. The van der Waals surface area contributed by atoms with E-state index in [0.29, 0.717) is 6.04 Å². The van der Waals surface area contributed by atoms with Gasteiger partial charge in [0.15, 0.2) is 0 Å². The molecule has 1 unspecified atom stereocenters. The summed E-state index contributed by atoms with van der Waals surface area (Å²) in [5, 5.41) is 4.23. The molecule has 0 aromatic heterocycles. The van der Waals surface area contributed by atoms with Crippen LogP contribution in [-0.2, 0) is 11.3 Å². The predicted octanol–water partition coefficient (Wildman–Crippen LogP) is 3.06. The Morgan fingerprint density at radius 1 is 1.47 bits per heavy atom. The molecule has 1 N–H and O–H groups in total. The maximum absolute atomic E-state index is 6.42. The molecule has 1 saturated heterocycles. The molecular formula is C15H23ClN2O. The van der Waals surface area contributed by atoms with Crippen LogP contribution >= 0.6 is 11.6 Å². The lowest BCUT2D eigenvalue weighted by atomic mass is 10.1. The monoisotopic (exact) mass is 282 g/mol. The second-order valence-corrected chi connectivity index (χ2v) is 5.86. The van der Waals surface area contributed by atoms with E-state index in [0.717, 1.165) is 37.0 Å². The topological polar surface area (TPSA) is 24.5 Å². The highest BCUT2D eigenvalue weighted by molar-refractivity contribution is 6.33. The van der Waals surface area contributed by atoms with Crippen LogP contribution < -0.4 is 10.2 Å². The van der Waals surface area contributed by atoms with Gasteiger partial charge in [-0.3, -0.25) is 0 Å². The predicted molar refractivity (Wildman–Crippen MR) is 81.1 cm³/mol. The molecule has 0 radical (unpaired) electrons. The third kappa shape index (κ3) is 4.10. The van der Waals surface area contributed by atoms with E-state index in [2.05, 4.69) is 49.2 Å². The Kier molecular flexibility index (Phi) is 5.08. The number of hydrogen-bond acceptors (Lipinski definition) is 3. The van der Waals surface area contributed by atoms with Crippen molar-refractivity contribution in [2.75, 3.05) is 24.6 Å². The van der Waals surface area contributed by atoms with Gasteiger partial charge in [0.05, 0.1) is 23.4 Å². The minimum Gasteiger partial charge on any atom is -0.375 e. The third-order valence-electron chi connectivity index (χ3n) is 3.31. The van der Waals surface area contributed by atoms with Crippen LogP contribution in [0.25, 0.3) is 0 Å². The number of rotatable bonds is 4. The summed E-state index contributed by atoms with van der Waals surface area (Å²) in [7, 11) is 0. The molecule has 3 nitrogen and oxygen atoms in total. The van der Waals surface area contributed by atoms with Gasteiger partial charge in [-0.05, 0) is 24.6 Å². The van der Waals surface area contributed by atoms with Gasteiger partial charge < -0.3 is 15.0 Å². The van der Waals surface area contributed by atoms with Crippen LogP contribution in [0.15, 0.2) is 18.2 Å². The smallest absolute Gasteiger partial charge is 0.0722 e. The molecule has 1 aliphatic heterocycles. The number of halogens is 1. The van der Waals surface area contributed by atoms with Gasteiger partial charge in [-0.2, -0.15) is 0 Å². The molecule has 2 rings (SSSR count). The van der Waals surface area contributed by atoms with Crippen LogP contribution in [0.1, 0.15) is 26.3 Å². The van der Waals surface area contributed by atoms with Gasteiger partial charge >= 0.3 is 0 Å². The van der Waals surface area contributed by atoms with Gasteiger partial charge in [-0.25, -0.2) is 0 Å². The van der Waals surface area contributed by atoms with Crippen molar-refractivity contribution in [1.82, 2.24) is 5.32 Å². The molecule has 0 aliphatic carbocycles. The SMILES string of the molecule is CC(C)NCc1ccc(N2CCOC(C)C2)c(Cl)c1. The standard InChI is InChI=1S/C15H23ClN2O/c1-11(2)17-9-13-4-5-15(14(16)8-13)18-6-7-19-12(3)10-18/h4-5,8,11-12,17H,6-7,9-10H2,1-3H3. The van der Waals surface area contributed by atoms with E-state index in [4.69, 9.17) is 16.3 Å². The van der Waals surface area contributed by atoms with E-state index in [9.17, 15) is 0 Å². The number of ether oxygens (including phenoxy) is 1. The molecule has 106 valence electrons. The lowest BCUT2D eigenvalue weighted by Crippen LogP contribution is -2.41. The number of hydrogen-bond donors (Lipinski definition) is 1. The van der Waals surface area contributed by atoms with Gasteiger partial charge in [0.25, 0.3) is 0 Å². The van der Waals surface area contributed by atoms with Crippen molar-refractivity contribution in [2.45, 2.75) is 39.5 Å². The van der Waals surface area contributed by atoms with E-state index in [1.807, 2.05) is 0 Å². The second-order valence-electron chi connectivity index (χ2n) is 5.45. The fourth-order valence-electron chi connectivity index (χ4n) is 2.28. The van der Waals surface area contributed by atoms with Crippen LogP contribution in [0.5, 0.6) is 0 Å². The Hall–Kier alpha value is -0.770. The van der Waals surface area contributed by atoms with Crippen molar-refractivity contribution in [1.29, 1.82) is 0 Å². The lowest BCUT2D eigenvalue weighted by molar-refractivity contribution is 0.0532. The number of benzene rings is 1. The molecule has 0 bridgehead atoms. The zero-order valence-corrected chi connectivity index (χ0v) is 12.7. The van der Waals surface area contributed by atoms with Gasteiger partial charge in [0, 0.05) is 25.7 Å². The molecule has 1 aromatic rings. The van der Waals surface area contributed by atoms with Crippen LogP contribution in [0.4, 0.5) is 5.69 Å². The summed E-state index contributed by atoms with van der Waals surface area (Å²) in [6, 6.07) is 6.82. The van der Waals surface area contributed by atoms with Crippen molar-refractivity contribution < 1.29 is 4.74 Å². The number of anilines is 1. The summed E-state index contributed by atoms with van der Waals surface area (Å²) in [6.07, 6.45) is 0.270. The zero-order valence-electron chi connectivity index (χ0n) is 11.9. The van der Waals surface area contributed by atoms with E-state index >= 15 is 0 Å². The Bertz CT molecular complexity index is 423. The maximum Gasteiger partial charge on any atom is 0.0722 e. The van der Waals surface area contributed by atoms with Crippen LogP contribution in [0.2, 0.25) is 5.02 Å². The summed E-state index contributed by atoms with van der Waals surface area (Å²) in [6.45, 7) is 9.83. The normalized spacial score (nSPS) is 20.1. The molecule has 1 atom stereocenters. The highest BCUT2D eigenvalue weighted by Gasteiger charge is 2.18.